The summed E-state index contributed by atoms with van der Waals surface area (Å²) < 4.78 is 6.16. The maximum Gasteiger partial charge on any atom is 0.160 e. The number of benzene rings is 1. The molecular formula is C22H32N2O2. The first-order valence-electron chi connectivity index (χ1n) is 9.72. The van der Waals surface area contributed by atoms with Crippen LogP contribution in [-0.2, 0) is 4.79 Å². The number of allylic oxidation sites excluding steroid dienone is 1. The van der Waals surface area contributed by atoms with Gasteiger partial charge in [0.15, 0.2) is 6.29 Å². The Hall–Kier alpha value is -2.28. The summed E-state index contributed by atoms with van der Waals surface area (Å²) in [7, 11) is 0. The van der Waals surface area contributed by atoms with Crippen LogP contribution in [0, 0.1) is 17.2 Å². The van der Waals surface area contributed by atoms with Crippen LogP contribution in [0.1, 0.15) is 58.9 Å². The van der Waals surface area contributed by atoms with Gasteiger partial charge >= 0.3 is 0 Å². The molecule has 0 aliphatic rings. The van der Waals surface area contributed by atoms with Gasteiger partial charge in [-0.2, -0.15) is 5.26 Å². The molecule has 1 atom stereocenters. The van der Waals surface area contributed by atoms with E-state index < -0.39 is 0 Å². The second-order valence-corrected chi connectivity index (χ2v) is 6.45. The first kappa shape index (κ1) is 21.8. The number of unbranched alkanes of at least 4 members (excludes halogenated alkanes) is 1. The highest BCUT2D eigenvalue weighted by Crippen LogP contribution is 2.29. The Morgan fingerprint density at radius 3 is 2.54 bits per heavy atom. The van der Waals surface area contributed by atoms with E-state index in [2.05, 4.69) is 32.6 Å². The molecule has 26 heavy (non-hydrogen) atoms. The number of nitriles is 1. The zero-order valence-electron chi connectivity index (χ0n) is 16.6. The van der Waals surface area contributed by atoms with Crippen LogP contribution in [0.25, 0.3) is 6.08 Å². The van der Waals surface area contributed by atoms with Gasteiger partial charge in [-0.05, 0) is 44.4 Å². The predicted molar refractivity (Wildman–Crippen MR) is 108 cm³/mol. The molecule has 4 nitrogen and oxygen atoms in total. The largest absolute Gasteiger partial charge is 0.493 e. The minimum absolute atomic E-state index is 0.100. The number of hydrogen-bond acceptors (Lipinski definition) is 4. The predicted octanol–water partition coefficient (Wildman–Crippen LogP) is 5.23. The third-order valence-electron chi connectivity index (χ3n) is 4.71. The lowest BCUT2D eigenvalue weighted by Gasteiger charge is -2.23. The molecule has 4 heteroatoms. The van der Waals surface area contributed by atoms with E-state index in [9.17, 15) is 4.79 Å². The monoisotopic (exact) mass is 356 g/mol. The van der Waals surface area contributed by atoms with Crippen molar-refractivity contribution in [1.82, 2.24) is 0 Å². The fourth-order valence-corrected chi connectivity index (χ4v) is 2.92. The van der Waals surface area contributed by atoms with Crippen LogP contribution >= 0.6 is 0 Å². The molecule has 1 unspecified atom stereocenters. The van der Waals surface area contributed by atoms with Crippen molar-refractivity contribution in [2.75, 3.05) is 24.6 Å². The SMILES string of the molecule is CCCCC(CC)COc1cc(N(CC)CC)ccc1/C=C(\C#N)C=O. The number of nitrogens with zero attached hydrogens (tertiary/aromatic N) is 2. The van der Waals surface area contributed by atoms with Crippen molar-refractivity contribution in [2.45, 2.75) is 53.4 Å². The maximum atomic E-state index is 11.0. The first-order valence-corrected chi connectivity index (χ1v) is 9.72. The normalized spacial score (nSPS) is 12.3. The number of hydrogen-bond donors (Lipinski definition) is 0. The lowest BCUT2D eigenvalue weighted by molar-refractivity contribution is -0.104. The van der Waals surface area contributed by atoms with Gasteiger partial charge in [0.1, 0.15) is 11.8 Å². The zero-order chi connectivity index (χ0) is 19.4. The van der Waals surface area contributed by atoms with Gasteiger partial charge in [0, 0.05) is 30.4 Å². The Morgan fingerprint density at radius 1 is 1.27 bits per heavy atom. The van der Waals surface area contributed by atoms with E-state index in [0.717, 1.165) is 42.9 Å². The molecule has 1 rings (SSSR count). The summed E-state index contributed by atoms with van der Waals surface area (Å²) in [6.07, 6.45) is 6.81. The molecule has 0 saturated carbocycles. The molecule has 0 N–H and O–H groups in total. The maximum absolute atomic E-state index is 11.0. The molecule has 0 spiro atoms. The number of anilines is 1. The summed E-state index contributed by atoms with van der Waals surface area (Å²) in [6, 6.07) is 7.88. The van der Waals surface area contributed by atoms with Crippen LogP contribution in [0.3, 0.4) is 0 Å². The highest BCUT2D eigenvalue weighted by atomic mass is 16.5. The Kier molecular flexibility index (Phi) is 10.2. The number of carbonyl (C=O) groups excluding carboxylic acids is 1. The summed E-state index contributed by atoms with van der Waals surface area (Å²) in [5.41, 5.74) is 1.96. The average Bonchev–Trinajstić information content (AvgIpc) is 2.68. The van der Waals surface area contributed by atoms with Crippen molar-refractivity contribution >= 4 is 18.0 Å². The molecular weight excluding hydrogens is 324 g/mol. The van der Waals surface area contributed by atoms with Crippen LogP contribution < -0.4 is 9.64 Å². The molecule has 0 amide bonds. The smallest absolute Gasteiger partial charge is 0.160 e. The van der Waals surface area contributed by atoms with Crippen molar-refractivity contribution in [1.29, 1.82) is 5.26 Å². The van der Waals surface area contributed by atoms with E-state index in [1.807, 2.05) is 24.3 Å². The number of carbonyl (C=O) groups is 1. The van der Waals surface area contributed by atoms with E-state index in [4.69, 9.17) is 10.00 Å². The lowest BCUT2D eigenvalue weighted by atomic mass is 10.0. The second kappa shape index (κ2) is 12.1. The molecule has 0 radical (unpaired) electrons. The van der Waals surface area contributed by atoms with Gasteiger partial charge in [0.25, 0.3) is 0 Å². The standard InChI is InChI=1S/C22H32N2O2/c1-5-9-10-18(6-2)17-26-22-14-21(24(7-3)8-4)12-11-20(22)13-19(15-23)16-25/h11-14,16,18H,5-10,17H2,1-4H3/b19-13+. The zero-order valence-corrected chi connectivity index (χ0v) is 16.6. The third-order valence-corrected chi connectivity index (χ3v) is 4.71. The van der Waals surface area contributed by atoms with Crippen LogP contribution in [0.4, 0.5) is 5.69 Å². The number of aldehydes is 1. The van der Waals surface area contributed by atoms with E-state index in [1.54, 1.807) is 6.08 Å². The molecule has 0 heterocycles. The van der Waals surface area contributed by atoms with Gasteiger partial charge in [0.2, 0.25) is 0 Å². The van der Waals surface area contributed by atoms with E-state index in [-0.39, 0.29) is 5.57 Å². The van der Waals surface area contributed by atoms with Crippen molar-refractivity contribution in [3.8, 4) is 11.8 Å². The minimum atomic E-state index is 0.100. The average molecular weight is 357 g/mol. The van der Waals surface area contributed by atoms with Gasteiger partial charge < -0.3 is 9.64 Å². The van der Waals surface area contributed by atoms with Gasteiger partial charge in [-0.25, -0.2) is 0 Å². The quantitative estimate of drug-likeness (QED) is 0.292. The second-order valence-electron chi connectivity index (χ2n) is 6.45. The molecule has 0 saturated heterocycles. The fraction of sp³-hybridized carbons (Fsp3) is 0.545. The molecule has 0 fully saturated rings. The molecule has 0 bridgehead atoms. The van der Waals surface area contributed by atoms with Gasteiger partial charge in [-0.3, -0.25) is 4.79 Å². The van der Waals surface area contributed by atoms with Gasteiger partial charge in [-0.1, -0.05) is 33.1 Å². The molecule has 1 aromatic carbocycles. The highest BCUT2D eigenvalue weighted by Gasteiger charge is 2.12. The van der Waals surface area contributed by atoms with Crippen molar-refractivity contribution in [3.63, 3.8) is 0 Å². The molecule has 0 aliphatic carbocycles. The molecule has 1 aromatic rings. The van der Waals surface area contributed by atoms with E-state index in [0.29, 0.717) is 18.8 Å². The summed E-state index contributed by atoms with van der Waals surface area (Å²) in [4.78, 5) is 13.3. The van der Waals surface area contributed by atoms with E-state index >= 15 is 0 Å². The molecule has 0 aliphatic heterocycles. The summed E-state index contributed by atoms with van der Waals surface area (Å²) >= 11 is 0. The first-order chi connectivity index (χ1) is 12.6. The van der Waals surface area contributed by atoms with Crippen LogP contribution in [0.2, 0.25) is 0 Å². The number of rotatable bonds is 12. The Bertz CT molecular complexity index is 628. The molecule has 0 aromatic heterocycles. The van der Waals surface area contributed by atoms with Crippen LogP contribution in [-0.4, -0.2) is 26.0 Å². The van der Waals surface area contributed by atoms with Crippen LogP contribution in [0.15, 0.2) is 23.8 Å². The highest BCUT2D eigenvalue weighted by molar-refractivity contribution is 5.87. The van der Waals surface area contributed by atoms with E-state index in [1.165, 1.54) is 12.8 Å². The fourth-order valence-electron chi connectivity index (χ4n) is 2.92. The minimum Gasteiger partial charge on any atom is -0.493 e. The Balaban J connectivity index is 3.12. The Labute approximate surface area is 158 Å². The van der Waals surface area contributed by atoms with Gasteiger partial charge in [-0.15, -0.1) is 0 Å². The van der Waals surface area contributed by atoms with Crippen LogP contribution in [0.5, 0.6) is 5.75 Å². The summed E-state index contributed by atoms with van der Waals surface area (Å²) in [6.45, 7) is 11.1. The third kappa shape index (κ3) is 6.55. The summed E-state index contributed by atoms with van der Waals surface area (Å²) in [5, 5.41) is 9.05. The van der Waals surface area contributed by atoms with Gasteiger partial charge in [0.05, 0.1) is 12.2 Å². The lowest BCUT2D eigenvalue weighted by Crippen LogP contribution is -2.22. The topological polar surface area (TPSA) is 53.3 Å². The molecule has 142 valence electrons. The summed E-state index contributed by atoms with van der Waals surface area (Å²) in [5.74, 6) is 1.25. The van der Waals surface area contributed by atoms with Crippen molar-refractivity contribution in [3.05, 3.63) is 29.3 Å². The number of ether oxygens (including phenoxy) is 1. The van der Waals surface area contributed by atoms with Crippen molar-refractivity contribution in [2.24, 2.45) is 5.92 Å². The Morgan fingerprint density at radius 2 is 2.00 bits per heavy atom. The van der Waals surface area contributed by atoms with Crippen molar-refractivity contribution < 1.29 is 9.53 Å².